The molecule has 0 fully saturated rings. The molecular weight excluding hydrogens is 373 g/mol. The van der Waals surface area contributed by atoms with Gasteiger partial charge in [-0.3, -0.25) is 0 Å². The Kier molecular flexibility index (Phi) is 6.35. The van der Waals surface area contributed by atoms with Crippen LogP contribution in [0.1, 0.15) is 33.3 Å². The van der Waals surface area contributed by atoms with Gasteiger partial charge in [0.1, 0.15) is 10.6 Å². The van der Waals surface area contributed by atoms with Crippen molar-refractivity contribution in [2.45, 2.75) is 33.2 Å². The topological polar surface area (TPSA) is 29.1 Å². The van der Waals surface area contributed by atoms with Crippen molar-refractivity contribution in [1.82, 2.24) is 5.32 Å². The summed E-state index contributed by atoms with van der Waals surface area (Å²) in [6.07, 6.45) is 0. The molecule has 0 aromatic heterocycles. The average Bonchev–Trinajstić information content (AvgIpc) is 2.72. The minimum atomic E-state index is -2.52. The van der Waals surface area contributed by atoms with E-state index in [1.54, 1.807) is 0 Å². The van der Waals surface area contributed by atoms with E-state index in [0.717, 1.165) is 21.7 Å². The van der Waals surface area contributed by atoms with Gasteiger partial charge in [0.25, 0.3) is 0 Å². The van der Waals surface area contributed by atoms with E-state index in [0.29, 0.717) is 0 Å². The molecule has 0 spiro atoms. The summed E-state index contributed by atoms with van der Waals surface area (Å²) >= 11 is 0. The van der Waals surface area contributed by atoms with Gasteiger partial charge in [-0.05, 0) is 63.1 Å². The quantitative estimate of drug-likeness (QED) is 0.504. The molecule has 0 aliphatic heterocycles. The lowest BCUT2D eigenvalue weighted by Crippen LogP contribution is -2.44. The fraction of sp³-hybridized carbons (Fsp3) is 0.192. The van der Waals surface area contributed by atoms with Crippen LogP contribution in [0.3, 0.4) is 0 Å². The van der Waals surface area contributed by atoms with Gasteiger partial charge in [-0.1, -0.05) is 66.7 Å². The molecule has 0 saturated heterocycles. The lowest BCUT2D eigenvalue weighted by atomic mass is 10.1. The van der Waals surface area contributed by atoms with Crippen LogP contribution in [0.25, 0.3) is 5.57 Å². The number of carbonyl (C=O) groups excluding carboxylic acids is 1. The van der Waals surface area contributed by atoms with Crippen molar-refractivity contribution < 1.29 is 4.79 Å². The molecule has 29 heavy (non-hydrogen) atoms. The van der Waals surface area contributed by atoms with Gasteiger partial charge in [-0.15, -0.1) is 0 Å². The molecule has 0 heterocycles. The third kappa shape index (κ3) is 4.83. The summed E-state index contributed by atoms with van der Waals surface area (Å²) in [6.45, 7) is 8.19. The molecule has 2 nitrogen and oxygen atoms in total. The molecule has 0 bridgehead atoms. The number of amides is 1. The first kappa shape index (κ1) is 21.0. The zero-order chi connectivity index (χ0) is 20.9. The van der Waals surface area contributed by atoms with Crippen molar-refractivity contribution in [1.29, 1.82) is 0 Å². The van der Waals surface area contributed by atoms with Crippen molar-refractivity contribution in [3.8, 4) is 0 Å². The molecule has 3 heteroatoms. The lowest BCUT2D eigenvalue weighted by Gasteiger charge is -2.27. The van der Waals surface area contributed by atoms with Crippen LogP contribution >= 0.6 is 7.26 Å². The van der Waals surface area contributed by atoms with Crippen molar-refractivity contribution in [3.05, 3.63) is 102 Å². The zero-order valence-electron chi connectivity index (χ0n) is 17.6. The van der Waals surface area contributed by atoms with E-state index in [-0.39, 0.29) is 11.2 Å². The molecule has 3 aromatic rings. The first-order chi connectivity index (χ1) is 13.8. The molecule has 0 aliphatic carbocycles. The highest BCUT2D eigenvalue weighted by Gasteiger charge is 2.51. The van der Waals surface area contributed by atoms with Gasteiger partial charge in [-0.25, -0.2) is 4.79 Å². The van der Waals surface area contributed by atoms with E-state index < -0.39 is 7.26 Å². The van der Waals surface area contributed by atoms with E-state index in [4.69, 9.17) is 0 Å². The van der Waals surface area contributed by atoms with Crippen molar-refractivity contribution in [2.24, 2.45) is 0 Å². The summed E-state index contributed by atoms with van der Waals surface area (Å²) in [5.74, 6) is 2.22. The molecule has 3 aromatic carbocycles. The van der Waals surface area contributed by atoms with Crippen LogP contribution in [0.4, 0.5) is 4.79 Å². The van der Waals surface area contributed by atoms with Crippen molar-refractivity contribution in [2.75, 3.05) is 0 Å². The first-order valence-electron chi connectivity index (χ1n) is 9.90. The molecule has 0 saturated carbocycles. The maximum Gasteiger partial charge on any atom is 0.374 e. The number of hydrogen-bond donors (Lipinski definition) is 1. The second-order valence-electron chi connectivity index (χ2n) is 8.25. The van der Waals surface area contributed by atoms with Crippen LogP contribution in [0.5, 0.6) is 0 Å². The summed E-state index contributed by atoms with van der Waals surface area (Å²) in [5, 5.41) is 5.40. The van der Waals surface area contributed by atoms with Crippen LogP contribution in [0.15, 0.2) is 96.8 Å². The smallest absolute Gasteiger partial charge is 0.318 e. The van der Waals surface area contributed by atoms with Crippen LogP contribution in [-0.4, -0.2) is 11.2 Å². The molecule has 0 unspecified atom stereocenters. The molecule has 0 aliphatic rings. The monoisotopic (exact) mass is 402 g/mol. The summed E-state index contributed by atoms with van der Waals surface area (Å²) in [5.41, 5.74) is 2.00. The number of rotatable bonds is 5. The molecule has 0 atom stereocenters. The molecule has 148 valence electrons. The number of carbonyl (C=O) groups is 1. The van der Waals surface area contributed by atoms with Gasteiger partial charge < -0.3 is 5.32 Å². The third-order valence-corrected chi connectivity index (χ3v) is 8.50. The summed E-state index contributed by atoms with van der Waals surface area (Å²) in [4.78, 5) is 13.9. The van der Waals surface area contributed by atoms with Crippen molar-refractivity contribution in [3.63, 3.8) is 0 Å². The Hall–Kier alpha value is -2.70. The molecule has 1 N–H and O–H groups in total. The minimum absolute atomic E-state index is 0.0812. The van der Waals surface area contributed by atoms with E-state index in [9.17, 15) is 4.79 Å². The number of nitrogens with one attached hydrogen (secondary N) is 1. The Bertz CT molecular complexity index is 934. The number of allylic oxidation sites excluding steroid dienone is 1. The molecule has 1 amide bonds. The van der Waals surface area contributed by atoms with Gasteiger partial charge >= 0.3 is 5.65 Å². The molecular formula is C26H29NOP+. The van der Waals surface area contributed by atoms with Gasteiger partial charge in [0.15, 0.2) is 7.26 Å². The third-order valence-electron chi connectivity index (χ3n) is 4.75. The SMILES string of the molecule is C/C(=C\[P+](C(=O)NC(C)(C)C)(c1ccccc1)c1ccccc1)c1ccccc1. The Labute approximate surface area is 175 Å². The molecule has 3 rings (SSSR count). The van der Waals surface area contributed by atoms with Gasteiger partial charge in [0, 0.05) is 5.54 Å². The largest absolute Gasteiger partial charge is 0.374 e. The van der Waals surface area contributed by atoms with Crippen molar-refractivity contribution >= 4 is 29.1 Å². The highest BCUT2D eigenvalue weighted by molar-refractivity contribution is 8.05. The standard InChI is InChI=1S/C26H28NOP/c1-21(22-14-8-5-9-15-22)20-29(23-16-10-6-11-17-23,24-18-12-7-13-19-24)25(28)27-26(2,3)4/h5-20H,1-4H3/p+1/b21-20+. The Morgan fingerprint density at radius 1 is 0.759 bits per heavy atom. The first-order valence-corrected chi connectivity index (χ1v) is 11.8. The average molecular weight is 402 g/mol. The summed E-state index contributed by atoms with van der Waals surface area (Å²) in [7, 11) is -2.52. The zero-order valence-corrected chi connectivity index (χ0v) is 18.5. The summed E-state index contributed by atoms with van der Waals surface area (Å²) < 4.78 is 0. The van der Waals surface area contributed by atoms with Crippen LogP contribution < -0.4 is 15.9 Å². The predicted molar refractivity (Wildman–Crippen MR) is 127 cm³/mol. The fourth-order valence-corrected chi connectivity index (χ4v) is 7.10. The van der Waals surface area contributed by atoms with E-state index in [1.807, 2.05) is 75.4 Å². The minimum Gasteiger partial charge on any atom is -0.318 e. The van der Waals surface area contributed by atoms with Gasteiger partial charge in [-0.2, -0.15) is 0 Å². The van der Waals surface area contributed by atoms with E-state index >= 15 is 0 Å². The van der Waals surface area contributed by atoms with Gasteiger partial charge in [0.05, 0.1) is 5.82 Å². The molecule has 0 radical (unpaired) electrons. The lowest BCUT2D eigenvalue weighted by molar-refractivity contribution is 0.252. The van der Waals surface area contributed by atoms with Crippen LogP contribution in [0.2, 0.25) is 0 Å². The highest BCUT2D eigenvalue weighted by atomic mass is 31.2. The normalized spacial score (nSPS) is 12.5. The second kappa shape index (κ2) is 8.76. The Balaban J connectivity index is 2.30. The Morgan fingerprint density at radius 3 is 1.59 bits per heavy atom. The fourth-order valence-electron chi connectivity index (χ4n) is 3.39. The van der Waals surface area contributed by atoms with Crippen LogP contribution in [0, 0.1) is 0 Å². The van der Waals surface area contributed by atoms with Crippen LogP contribution in [-0.2, 0) is 0 Å². The second-order valence-corrected chi connectivity index (χ2v) is 11.4. The Morgan fingerprint density at radius 2 is 1.17 bits per heavy atom. The predicted octanol–water partition coefficient (Wildman–Crippen LogP) is 6.22. The maximum absolute atomic E-state index is 13.9. The van der Waals surface area contributed by atoms with E-state index in [1.165, 1.54) is 0 Å². The van der Waals surface area contributed by atoms with E-state index in [2.05, 4.69) is 54.5 Å². The number of hydrogen-bond acceptors (Lipinski definition) is 1. The highest BCUT2D eigenvalue weighted by Crippen LogP contribution is 2.60. The summed E-state index contributed by atoms with van der Waals surface area (Å²) in [6, 6.07) is 30.7. The maximum atomic E-state index is 13.9. The van der Waals surface area contributed by atoms with Gasteiger partial charge in [0.2, 0.25) is 0 Å². The number of benzene rings is 3.